The predicted octanol–water partition coefficient (Wildman–Crippen LogP) is 3.74. The van der Waals surface area contributed by atoms with E-state index in [-0.39, 0.29) is 11.3 Å². The molecule has 0 aromatic heterocycles. The normalized spacial score (nSPS) is 15.9. The first kappa shape index (κ1) is 14.8. The van der Waals surface area contributed by atoms with E-state index in [4.69, 9.17) is 0 Å². The van der Waals surface area contributed by atoms with Crippen LogP contribution in [0.5, 0.6) is 0 Å². The van der Waals surface area contributed by atoms with Gasteiger partial charge in [-0.15, -0.1) is 0 Å². The topological polar surface area (TPSA) is 38.3 Å². The molecular formula is C15H19F2NO2. The number of carbonyl (C=O) groups excluding carboxylic acids is 1. The average molecular weight is 283 g/mol. The molecule has 2 rings (SSSR count). The van der Waals surface area contributed by atoms with Crippen LogP contribution >= 0.6 is 0 Å². The highest BCUT2D eigenvalue weighted by Crippen LogP contribution is 2.26. The Morgan fingerprint density at radius 1 is 1.25 bits per heavy atom. The zero-order valence-electron chi connectivity index (χ0n) is 11.5. The number of benzene rings is 1. The molecule has 1 aromatic carbocycles. The van der Waals surface area contributed by atoms with E-state index in [9.17, 15) is 13.6 Å². The number of carbonyl (C=O) groups is 1. The number of esters is 1. The van der Waals surface area contributed by atoms with Crippen LogP contribution in [0.2, 0.25) is 0 Å². The molecule has 1 saturated carbocycles. The largest absolute Gasteiger partial charge is 0.465 e. The number of ether oxygens (including phenoxy) is 1. The smallest absolute Gasteiger partial charge is 0.340 e. The van der Waals surface area contributed by atoms with Gasteiger partial charge in [-0.3, -0.25) is 0 Å². The molecule has 1 aliphatic rings. The van der Waals surface area contributed by atoms with Gasteiger partial charge < -0.3 is 10.1 Å². The SMILES string of the molecule is COC(=O)c1ccc(NCC2CCCCC2)c(F)c1F. The Balaban J connectivity index is 2.05. The molecule has 20 heavy (non-hydrogen) atoms. The van der Waals surface area contributed by atoms with Gasteiger partial charge >= 0.3 is 5.97 Å². The van der Waals surface area contributed by atoms with E-state index >= 15 is 0 Å². The summed E-state index contributed by atoms with van der Waals surface area (Å²) in [5.74, 6) is -2.55. The van der Waals surface area contributed by atoms with Crippen molar-refractivity contribution in [1.29, 1.82) is 0 Å². The van der Waals surface area contributed by atoms with E-state index in [2.05, 4.69) is 10.1 Å². The van der Waals surface area contributed by atoms with Crippen molar-refractivity contribution in [3.8, 4) is 0 Å². The van der Waals surface area contributed by atoms with Gasteiger partial charge in [-0.25, -0.2) is 13.6 Å². The molecule has 1 aromatic rings. The maximum Gasteiger partial charge on any atom is 0.340 e. The van der Waals surface area contributed by atoms with Crippen molar-refractivity contribution in [2.75, 3.05) is 19.0 Å². The number of rotatable bonds is 4. The van der Waals surface area contributed by atoms with Crippen molar-refractivity contribution in [2.24, 2.45) is 5.92 Å². The number of hydrogen-bond acceptors (Lipinski definition) is 3. The molecule has 1 fully saturated rings. The Kier molecular flexibility index (Phi) is 4.93. The Morgan fingerprint density at radius 2 is 1.95 bits per heavy atom. The summed E-state index contributed by atoms with van der Waals surface area (Å²) >= 11 is 0. The van der Waals surface area contributed by atoms with E-state index in [1.807, 2.05) is 0 Å². The van der Waals surface area contributed by atoms with Crippen LogP contribution in [0.15, 0.2) is 12.1 Å². The van der Waals surface area contributed by atoms with Crippen molar-refractivity contribution >= 4 is 11.7 Å². The van der Waals surface area contributed by atoms with E-state index in [1.165, 1.54) is 31.4 Å². The minimum Gasteiger partial charge on any atom is -0.465 e. The minimum atomic E-state index is -1.16. The lowest BCUT2D eigenvalue weighted by Gasteiger charge is -2.22. The molecule has 0 radical (unpaired) electrons. The van der Waals surface area contributed by atoms with Crippen LogP contribution in [0.1, 0.15) is 42.5 Å². The summed E-state index contributed by atoms with van der Waals surface area (Å²) < 4.78 is 32.0. The molecule has 3 nitrogen and oxygen atoms in total. The minimum absolute atomic E-state index is 0.0979. The van der Waals surface area contributed by atoms with Gasteiger partial charge in [0, 0.05) is 6.54 Å². The second-order valence-electron chi connectivity index (χ2n) is 5.17. The lowest BCUT2D eigenvalue weighted by molar-refractivity contribution is 0.0594. The van der Waals surface area contributed by atoms with Gasteiger partial charge in [0.15, 0.2) is 11.6 Å². The predicted molar refractivity (Wildman–Crippen MR) is 72.8 cm³/mol. The van der Waals surface area contributed by atoms with Crippen molar-refractivity contribution in [2.45, 2.75) is 32.1 Å². The van der Waals surface area contributed by atoms with Gasteiger partial charge in [0.1, 0.15) is 0 Å². The number of nitrogens with one attached hydrogen (secondary N) is 1. The van der Waals surface area contributed by atoms with Crippen LogP contribution in [0.3, 0.4) is 0 Å². The molecule has 110 valence electrons. The third-order valence-corrected chi connectivity index (χ3v) is 3.79. The Bertz CT molecular complexity index is 485. The van der Waals surface area contributed by atoms with E-state index in [1.54, 1.807) is 0 Å². The quantitative estimate of drug-likeness (QED) is 0.855. The van der Waals surface area contributed by atoms with Crippen LogP contribution in [0, 0.1) is 17.6 Å². The second-order valence-corrected chi connectivity index (χ2v) is 5.17. The summed E-state index contributed by atoms with van der Waals surface area (Å²) in [5.41, 5.74) is -0.283. The van der Waals surface area contributed by atoms with Gasteiger partial charge in [-0.2, -0.15) is 0 Å². The van der Waals surface area contributed by atoms with Crippen molar-refractivity contribution < 1.29 is 18.3 Å². The van der Waals surface area contributed by atoms with Crippen LogP contribution in [0.25, 0.3) is 0 Å². The van der Waals surface area contributed by atoms with Crippen LogP contribution in [0.4, 0.5) is 14.5 Å². The zero-order valence-corrected chi connectivity index (χ0v) is 11.5. The molecule has 0 unspecified atom stereocenters. The van der Waals surface area contributed by atoms with E-state index < -0.39 is 17.6 Å². The molecule has 0 bridgehead atoms. The summed E-state index contributed by atoms with van der Waals surface area (Å²) in [7, 11) is 1.13. The van der Waals surface area contributed by atoms with Gasteiger partial charge in [0.25, 0.3) is 0 Å². The van der Waals surface area contributed by atoms with Crippen molar-refractivity contribution in [1.82, 2.24) is 0 Å². The fourth-order valence-electron chi connectivity index (χ4n) is 2.60. The molecular weight excluding hydrogens is 264 g/mol. The first-order chi connectivity index (χ1) is 9.63. The highest BCUT2D eigenvalue weighted by Gasteiger charge is 2.20. The number of methoxy groups -OCH3 is 1. The van der Waals surface area contributed by atoms with Crippen LogP contribution < -0.4 is 5.32 Å². The fraction of sp³-hybridized carbons (Fsp3) is 0.533. The zero-order chi connectivity index (χ0) is 14.5. The van der Waals surface area contributed by atoms with Crippen LogP contribution in [-0.2, 0) is 4.74 Å². The van der Waals surface area contributed by atoms with Gasteiger partial charge in [-0.1, -0.05) is 19.3 Å². The molecule has 0 spiro atoms. The van der Waals surface area contributed by atoms with E-state index in [0.717, 1.165) is 20.0 Å². The molecule has 0 amide bonds. The number of anilines is 1. The van der Waals surface area contributed by atoms with Crippen LogP contribution in [-0.4, -0.2) is 19.6 Å². The monoisotopic (exact) mass is 283 g/mol. The maximum absolute atomic E-state index is 13.9. The molecule has 5 heteroatoms. The lowest BCUT2D eigenvalue weighted by atomic mass is 9.89. The van der Waals surface area contributed by atoms with Gasteiger partial charge in [0.2, 0.25) is 0 Å². The molecule has 0 atom stereocenters. The standard InChI is InChI=1S/C15H19F2NO2/c1-20-15(19)11-7-8-12(14(17)13(11)16)18-9-10-5-3-2-4-6-10/h7-8,10,18H,2-6,9H2,1H3. The molecule has 1 N–H and O–H groups in total. The highest BCUT2D eigenvalue weighted by atomic mass is 19.2. The maximum atomic E-state index is 13.9. The summed E-state index contributed by atoms with van der Waals surface area (Å²) in [5, 5.41) is 2.94. The fourth-order valence-corrected chi connectivity index (χ4v) is 2.60. The first-order valence-electron chi connectivity index (χ1n) is 6.93. The van der Waals surface area contributed by atoms with Gasteiger partial charge in [0.05, 0.1) is 18.4 Å². The molecule has 0 aliphatic heterocycles. The summed E-state index contributed by atoms with van der Waals surface area (Å²) in [6.45, 7) is 0.633. The summed E-state index contributed by atoms with van der Waals surface area (Å²) in [4.78, 5) is 11.3. The van der Waals surface area contributed by atoms with Gasteiger partial charge in [-0.05, 0) is 30.9 Å². The first-order valence-corrected chi connectivity index (χ1v) is 6.93. The number of halogens is 2. The molecule has 0 saturated heterocycles. The van der Waals surface area contributed by atoms with E-state index in [0.29, 0.717) is 12.5 Å². The third-order valence-electron chi connectivity index (χ3n) is 3.79. The van der Waals surface area contributed by atoms with Crippen molar-refractivity contribution in [3.05, 3.63) is 29.3 Å². The second kappa shape index (κ2) is 6.68. The highest BCUT2D eigenvalue weighted by molar-refractivity contribution is 5.90. The molecule has 1 aliphatic carbocycles. The van der Waals surface area contributed by atoms with Crippen molar-refractivity contribution in [3.63, 3.8) is 0 Å². The Labute approximate surface area is 117 Å². The average Bonchev–Trinajstić information content (AvgIpc) is 2.49. The Morgan fingerprint density at radius 3 is 2.60 bits per heavy atom. The Hall–Kier alpha value is -1.65. The lowest BCUT2D eigenvalue weighted by Crippen LogP contribution is -2.18. The third kappa shape index (κ3) is 3.26. The summed E-state index contributed by atoms with van der Waals surface area (Å²) in [6.07, 6.45) is 5.90. The molecule has 0 heterocycles. The number of hydrogen-bond donors (Lipinski definition) is 1. The summed E-state index contributed by atoms with van der Waals surface area (Å²) in [6, 6.07) is 2.63.